The first kappa shape index (κ1) is 20.6. The molecular formula is C23H22F2N6S. The van der Waals surface area contributed by atoms with E-state index in [4.69, 9.17) is 12.2 Å². The molecule has 0 aliphatic carbocycles. The highest BCUT2D eigenvalue weighted by Gasteiger charge is 2.36. The van der Waals surface area contributed by atoms with Crippen molar-refractivity contribution in [1.82, 2.24) is 24.5 Å². The number of hydrogen-bond donors (Lipinski definition) is 2. The standard InChI is InChI=1S/C23H22F2N6S/c1-2-14-8-6-7-11-18(14)30-22(28-29-23(30)32)16-13-26-31-19(20(24)25)12-17(27-21(16)31)15-9-4-3-5-10-15/h3-11,13,17,19-20,27H,2,12H2,1H3,(H,29,32). The van der Waals surface area contributed by atoms with E-state index in [2.05, 4.69) is 27.5 Å². The highest BCUT2D eigenvalue weighted by atomic mass is 32.1. The van der Waals surface area contributed by atoms with Gasteiger partial charge in [0, 0.05) is 0 Å². The van der Waals surface area contributed by atoms with Crippen LogP contribution in [0.4, 0.5) is 14.6 Å². The average Bonchev–Trinajstić information content (AvgIpc) is 3.41. The second kappa shape index (κ2) is 8.31. The van der Waals surface area contributed by atoms with Crippen LogP contribution in [0.2, 0.25) is 0 Å². The first-order chi connectivity index (χ1) is 15.6. The summed E-state index contributed by atoms with van der Waals surface area (Å²) in [6.07, 6.45) is 0.0928. The van der Waals surface area contributed by atoms with Gasteiger partial charge in [0.05, 0.1) is 23.5 Å². The monoisotopic (exact) mass is 452 g/mol. The number of rotatable bonds is 5. The van der Waals surface area contributed by atoms with Gasteiger partial charge >= 0.3 is 0 Å². The van der Waals surface area contributed by atoms with E-state index in [1.165, 1.54) is 4.68 Å². The van der Waals surface area contributed by atoms with Gasteiger partial charge in [-0.1, -0.05) is 55.5 Å². The van der Waals surface area contributed by atoms with Crippen LogP contribution in [-0.2, 0) is 6.42 Å². The number of aryl methyl sites for hydroxylation is 1. The summed E-state index contributed by atoms with van der Waals surface area (Å²) in [7, 11) is 0. The zero-order chi connectivity index (χ0) is 22.2. The molecule has 0 amide bonds. The van der Waals surface area contributed by atoms with Crippen molar-refractivity contribution in [1.29, 1.82) is 0 Å². The second-order valence-electron chi connectivity index (χ2n) is 7.77. The summed E-state index contributed by atoms with van der Waals surface area (Å²) in [4.78, 5) is 0. The van der Waals surface area contributed by atoms with Crippen LogP contribution in [0, 0.1) is 4.77 Å². The minimum atomic E-state index is -2.54. The number of alkyl halides is 2. The van der Waals surface area contributed by atoms with Crippen molar-refractivity contribution >= 4 is 18.0 Å². The molecule has 2 aromatic heterocycles. The summed E-state index contributed by atoms with van der Waals surface area (Å²) in [5.41, 5.74) is 3.58. The smallest absolute Gasteiger partial charge is 0.260 e. The Hall–Kier alpha value is -3.33. The van der Waals surface area contributed by atoms with E-state index in [1.54, 1.807) is 6.20 Å². The summed E-state index contributed by atoms with van der Waals surface area (Å²) < 4.78 is 31.7. The van der Waals surface area contributed by atoms with Gasteiger partial charge in [-0.3, -0.25) is 9.67 Å². The normalized spacial score (nSPS) is 17.9. The van der Waals surface area contributed by atoms with Crippen molar-refractivity contribution in [3.05, 3.63) is 76.7 Å². The van der Waals surface area contributed by atoms with Crippen LogP contribution in [0.1, 0.15) is 36.6 Å². The quantitative estimate of drug-likeness (QED) is 0.380. The third kappa shape index (κ3) is 3.42. The third-order valence-corrected chi connectivity index (χ3v) is 6.19. The molecule has 2 N–H and O–H groups in total. The fourth-order valence-corrected chi connectivity index (χ4v) is 4.56. The maximum absolute atomic E-state index is 14.0. The number of anilines is 1. The van der Waals surface area contributed by atoms with Gasteiger partial charge in [-0.25, -0.2) is 13.5 Å². The molecule has 0 radical (unpaired) electrons. The lowest BCUT2D eigenvalue weighted by Crippen LogP contribution is -2.31. The van der Waals surface area contributed by atoms with Gasteiger partial charge in [-0.05, 0) is 42.3 Å². The Kier molecular flexibility index (Phi) is 5.34. The summed E-state index contributed by atoms with van der Waals surface area (Å²) >= 11 is 5.53. The molecule has 1 aliphatic heterocycles. The molecule has 2 atom stereocenters. The maximum Gasteiger partial charge on any atom is 0.260 e. The van der Waals surface area contributed by atoms with Gasteiger partial charge < -0.3 is 5.32 Å². The number of H-pyrrole nitrogens is 1. The van der Waals surface area contributed by atoms with Crippen molar-refractivity contribution in [2.45, 2.75) is 38.3 Å². The predicted octanol–water partition coefficient (Wildman–Crippen LogP) is 5.72. The molecule has 0 saturated carbocycles. The van der Waals surface area contributed by atoms with Crippen LogP contribution in [0.25, 0.3) is 17.1 Å². The number of benzene rings is 2. The van der Waals surface area contributed by atoms with E-state index < -0.39 is 12.5 Å². The number of nitrogens with one attached hydrogen (secondary N) is 2. The maximum atomic E-state index is 14.0. The van der Waals surface area contributed by atoms with Crippen LogP contribution >= 0.6 is 12.2 Å². The zero-order valence-electron chi connectivity index (χ0n) is 17.4. The van der Waals surface area contributed by atoms with Crippen molar-refractivity contribution in [2.24, 2.45) is 0 Å². The second-order valence-corrected chi connectivity index (χ2v) is 8.15. The molecule has 0 bridgehead atoms. The number of halogens is 2. The third-order valence-electron chi connectivity index (χ3n) is 5.92. The summed E-state index contributed by atoms with van der Waals surface area (Å²) in [6, 6.07) is 16.3. The van der Waals surface area contributed by atoms with Gasteiger partial charge in [0.2, 0.25) is 0 Å². The average molecular weight is 453 g/mol. The largest absolute Gasteiger partial charge is 0.363 e. The number of nitrogens with zero attached hydrogens (tertiary/aromatic N) is 4. The molecule has 0 fully saturated rings. The van der Waals surface area contributed by atoms with Crippen molar-refractivity contribution in [3.8, 4) is 17.1 Å². The Morgan fingerprint density at radius 3 is 2.62 bits per heavy atom. The summed E-state index contributed by atoms with van der Waals surface area (Å²) in [6.45, 7) is 2.07. The summed E-state index contributed by atoms with van der Waals surface area (Å²) in [5.74, 6) is 1.05. The number of para-hydroxylation sites is 1. The van der Waals surface area contributed by atoms with E-state index >= 15 is 0 Å². The van der Waals surface area contributed by atoms with Gasteiger partial charge in [0.15, 0.2) is 10.6 Å². The van der Waals surface area contributed by atoms with Crippen molar-refractivity contribution < 1.29 is 8.78 Å². The molecule has 1 aliphatic rings. The van der Waals surface area contributed by atoms with E-state index in [0.717, 1.165) is 23.2 Å². The lowest BCUT2D eigenvalue weighted by molar-refractivity contribution is 0.0659. The van der Waals surface area contributed by atoms with E-state index in [-0.39, 0.29) is 12.5 Å². The van der Waals surface area contributed by atoms with E-state index in [9.17, 15) is 8.78 Å². The van der Waals surface area contributed by atoms with Crippen LogP contribution in [0.3, 0.4) is 0 Å². The minimum Gasteiger partial charge on any atom is -0.363 e. The fraction of sp³-hybridized carbons (Fsp3) is 0.261. The number of fused-ring (bicyclic) bond motifs is 1. The van der Waals surface area contributed by atoms with Gasteiger partial charge in [-0.15, -0.1) is 0 Å². The molecule has 3 heterocycles. The predicted molar refractivity (Wildman–Crippen MR) is 122 cm³/mol. The fourth-order valence-electron chi connectivity index (χ4n) is 4.33. The SMILES string of the molecule is CCc1ccccc1-n1c(-c2cnn3c2NC(c2ccccc2)CC3C(F)F)n[nH]c1=S. The number of aromatic amines is 1. The molecule has 164 valence electrons. The Balaban J connectivity index is 1.65. The van der Waals surface area contributed by atoms with Crippen molar-refractivity contribution in [2.75, 3.05) is 5.32 Å². The lowest BCUT2D eigenvalue weighted by Gasteiger charge is -2.32. The number of hydrogen-bond acceptors (Lipinski definition) is 4. The number of aromatic nitrogens is 5. The Morgan fingerprint density at radius 1 is 1.12 bits per heavy atom. The van der Waals surface area contributed by atoms with E-state index in [0.29, 0.717) is 22.0 Å². The van der Waals surface area contributed by atoms with Crippen LogP contribution in [0.15, 0.2) is 60.8 Å². The topological polar surface area (TPSA) is 63.5 Å². The molecule has 32 heavy (non-hydrogen) atoms. The molecule has 0 saturated heterocycles. The summed E-state index contributed by atoms with van der Waals surface area (Å²) in [5, 5.41) is 15.1. The molecular weight excluding hydrogens is 430 g/mol. The van der Waals surface area contributed by atoms with Crippen LogP contribution in [-0.4, -0.2) is 31.0 Å². The highest BCUT2D eigenvalue weighted by Crippen LogP contribution is 2.42. The van der Waals surface area contributed by atoms with Crippen LogP contribution in [0.5, 0.6) is 0 Å². The Morgan fingerprint density at radius 2 is 1.88 bits per heavy atom. The van der Waals surface area contributed by atoms with E-state index in [1.807, 2.05) is 59.2 Å². The molecule has 0 spiro atoms. The molecule has 6 nitrogen and oxygen atoms in total. The molecule has 9 heteroatoms. The van der Waals surface area contributed by atoms with Gasteiger partial charge in [0.1, 0.15) is 11.9 Å². The zero-order valence-corrected chi connectivity index (χ0v) is 18.2. The Bertz CT molecular complexity index is 1290. The highest BCUT2D eigenvalue weighted by molar-refractivity contribution is 7.71. The first-order valence-electron chi connectivity index (χ1n) is 10.5. The lowest BCUT2D eigenvalue weighted by atomic mass is 9.97. The van der Waals surface area contributed by atoms with Crippen LogP contribution < -0.4 is 5.32 Å². The molecule has 2 unspecified atom stereocenters. The minimum absolute atomic E-state index is 0.237. The van der Waals surface area contributed by atoms with Gasteiger partial charge in [0.25, 0.3) is 6.43 Å². The first-order valence-corrected chi connectivity index (χ1v) is 10.9. The Labute approximate surface area is 188 Å². The van der Waals surface area contributed by atoms with Crippen molar-refractivity contribution in [3.63, 3.8) is 0 Å². The molecule has 5 rings (SSSR count). The molecule has 4 aromatic rings. The van der Waals surface area contributed by atoms with Gasteiger partial charge in [-0.2, -0.15) is 10.2 Å². The molecule has 2 aromatic carbocycles.